The number of thiocarbonyl (C=S) groups is 1. The summed E-state index contributed by atoms with van der Waals surface area (Å²) in [5.41, 5.74) is 1.44. The lowest BCUT2D eigenvalue weighted by molar-refractivity contribution is 0.0597. The van der Waals surface area contributed by atoms with E-state index in [9.17, 15) is 15.5 Å². The van der Waals surface area contributed by atoms with Crippen molar-refractivity contribution in [1.29, 1.82) is 5.26 Å². The Kier molecular flexibility index (Phi) is 4.17. The van der Waals surface area contributed by atoms with Gasteiger partial charge in [-0.05, 0) is 67.9 Å². The third kappa shape index (κ3) is 2.52. The predicted octanol–water partition coefficient (Wildman–Crippen LogP) is 3.13. The zero-order valence-electron chi connectivity index (χ0n) is 14.8. The van der Waals surface area contributed by atoms with E-state index in [4.69, 9.17) is 17.0 Å². The van der Waals surface area contributed by atoms with Crippen LogP contribution >= 0.6 is 12.2 Å². The molecule has 7 heteroatoms. The molecule has 1 unspecified atom stereocenters. The first kappa shape index (κ1) is 17.6. The first-order valence-corrected chi connectivity index (χ1v) is 9.11. The monoisotopic (exact) mass is 381 g/mol. The molecule has 0 radical (unpaired) electrons. The SMILES string of the molecule is COc1cc(N2C(=S)N(c3ccc(O)cc3)C3(CCC3)C2O)ccc1C#N. The predicted molar refractivity (Wildman–Crippen MR) is 106 cm³/mol. The van der Waals surface area contributed by atoms with Crippen LogP contribution in [-0.4, -0.2) is 34.2 Å². The summed E-state index contributed by atoms with van der Waals surface area (Å²) in [6.45, 7) is 0. The number of benzene rings is 2. The lowest BCUT2D eigenvalue weighted by atomic mass is 9.74. The van der Waals surface area contributed by atoms with Crippen molar-refractivity contribution >= 4 is 28.7 Å². The summed E-state index contributed by atoms with van der Waals surface area (Å²) >= 11 is 5.75. The van der Waals surface area contributed by atoms with Gasteiger partial charge in [0.15, 0.2) is 11.3 Å². The van der Waals surface area contributed by atoms with Gasteiger partial charge in [-0.2, -0.15) is 5.26 Å². The normalized spacial score (nSPS) is 20.5. The second-order valence-corrected chi connectivity index (χ2v) is 7.20. The summed E-state index contributed by atoms with van der Waals surface area (Å²) in [6.07, 6.45) is 1.84. The smallest absolute Gasteiger partial charge is 0.183 e. The van der Waals surface area contributed by atoms with Gasteiger partial charge < -0.3 is 19.8 Å². The lowest BCUT2D eigenvalue weighted by Gasteiger charge is -2.46. The van der Waals surface area contributed by atoms with E-state index in [1.54, 1.807) is 47.4 Å². The van der Waals surface area contributed by atoms with E-state index in [1.807, 2.05) is 4.90 Å². The highest BCUT2D eigenvalue weighted by Gasteiger charge is 2.59. The van der Waals surface area contributed by atoms with Gasteiger partial charge in [-0.1, -0.05) is 0 Å². The van der Waals surface area contributed by atoms with E-state index in [0.29, 0.717) is 22.1 Å². The summed E-state index contributed by atoms with van der Waals surface area (Å²) < 4.78 is 5.31. The zero-order valence-corrected chi connectivity index (χ0v) is 15.6. The minimum Gasteiger partial charge on any atom is -0.508 e. The number of anilines is 2. The van der Waals surface area contributed by atoms with Gasteiger partial charge in [0.2, 0.25) is 0 Å². The molecule has 1 aliphatic heterocycles. The molecule has 2 aliphatic rings. The highest BCUT2D eigenvalue weighted by Crippen LogP contribution is 2.50. The number of phenols is 1. The molecule has 1 saturated carbocycles. The topological polar surface area (TPSA) is 80.0 Å². The number of aromatic hydroxyl groups is 1. The van der Waals surface area contributed by atoms with Crippen LogP contribution < -0.4 is 14.5 Å². The number of aliphatic hydroxyl groups is 1. The third-order valence-corrected chi connectivity index (χ3v) is 5.86. The van der Waals surface area contributed by atoms with E-state index < -0.39 is 11.8 Å². The third-order valence-electron chi connectivity index (χ3n) is 5.48. The van der Waals surface area contributed by atoms with Crippen molar-refractivity contribution in [2.24, 2.45) is 0 Å². The number of rotatable bonds is 3. The van der Waals surface area contributed by atoms with Crippen molar-refractivity contribution in [3.8, 4) is 17.6 Å². The van der Waals surface area contributed by atoms with E-state index >= 15 is 0 Å². The van der Waals surface area contributed by atoms with Crippen LogP contribution in [0.3, 0.4) is 0 Å². The number of nitriles is 1. The van der Waals surface area contributed by atoms with Gasteiger partial charge in [0, 0.05) is 17.4 Å². The first-order chi connectivity index (χ1) is 13.0. The second kappa shape index (κ2) is 6.41. The van der Waals surface area contributed by atoms with Gasteiger partial charge in [-0.25, -0.2) is 0 Å². The highest BCUT2D eigenvalue weighted by molar-refractivity contribution is 7.80. The zero-order chi connectivity index (χ0) is 19.2. The van der Waals surface area contributed by atoms with Crippen LogP contribution in [0.4, 0.5) is 11.4 Å². The van der Waals surface area contributed by atoms with Crippen molar-refractivity contribution in [2.45, 2.75) is 31.0 Å². The molecule has 138 valence electrons. The summed E-state index contributed by atoms with van der Waals surface area (Å²) in [5.74, 6) is 0.622. The van der Waals surface area contributed by atoms with Crippen LogP contribution in [0.25, 0.3) is 0 Å². The van der Waals surface area contributed by atoms with Crippen molar-refractivity contribution < 1.29 is 14.9 Å². The van der Waals surface area contributed by atoms with Gasteiger partial charge in [0.1, 0.15) is 17.6 Å². The maximum atomic E-state index is 11.2. The number of phenolic OH excluding ortho intramolecular Hbond substituents is 1. The van der Waals surface area contributed by atoms with Crippen LogP contribution in [0.2, 0.25) is 0 Å². The van der Waals surface area contributed by atoms with Crippen LogP contribution in [-0.2, 0) is 0 Å². The molecule has 1 aliphatic carbocycles. The van der Waals surface area contributed by atoms with Crippen molar-refractivity contribution in [3.05, 3.63) is 48.0 Å². The van der Waals surface area contributed by atoms with E-state index in [-0.39, 0.29) is 5.75 Å². The van der Waals surface area contributed by atoms with Crippen molar-refractivity contribution in [1.82, 2.24) is 0 Å². The lowest BCUT2D eigenvalue weighted by Crippen LogP contribution is -2.57. The second-order valence-electron chi connectivity index (χ2n) is 6.83. The van der Waals surface area contributed by atoms with Crippen LogP contribution in [0.5, 0.6) is 11.5 Å². The maximum absolute atomic E-state index is 11.2. The highest BCUT2D eigenvalue weighted by atomic mass is 32.1. The Bertz CT molecular complexity index is 934. The Morgan fingerprint density at radius 1 is 1.19 bits per heavy atom. The minimum absolute atomic E-state index is 0.181. The van der Waals surface area contributed by atoms with Gasteiger partial charge in [0.25, 0.3) is 0 Å². The number of hydrogen-bond donors (Lipinski definition) is 2. The van der Waals surface area contributed by atoms with Crippen molar-refractivity contribution in [2.75, 3.05) is 16.9 Å². The molecule has 2 fully saturated rings. The molecule has 1 atom stereocenters. The molecule has 0 amide bonds. The van der Waals surface area contributed by atoms with Crippen LogP contribution in [0.1, 0.15) is 24.8 Å². The molecule has 0 bridgehead atoms. The summed E-state index contributed by atoms with van der Waals surface area (Å²) in [5, 5.41) is 30.5. The fraction of sp³-hybridized carbons (Fsp3) is 0.300. The Morgan fingerprint density at radius 3 is 2.41 bits per heavy atom. The molecular weight excluding hydrogens is 362 g/mol. The Balaban J connectivity index is 1.78. The van der Waals surface area contributed by atoms with Crippen LogP contribution in [0.15, 0.2) is 42.5 Å². The number of ether oxygens (including phenoxy) is 1. The Morgan fingerprint density at radius 2 is 1.85 bits per heavy atom. The van der Waals surface area contributed by atoms with E-state index in [0.717, 1.165) is 24.9 Å². The maximum Gasteiger partial charge on any atom is 0.183 e. The number of aliphatic hydroxyl groups excluding tert-OH is 1. The van der Waals surface area contributed by atoms with Gasteiger partial charge in [-0.3, -0.25) is 4.90 Å². The first-order valence-electron chi connectivity index (χ1n) is 8.70. The van der Waals surface area contributed by atoms with Gasteiger partial charge >= 0.3 is 0 Å². The molecule has 2 aromatic rings. The molecule has 1 heterocycles. The standard InChI is InChI=1S/C20H19N3O3S/c1-26-17-11-15(4-3-13(17)12-21)22-18(25)20(9-2-10-20)23(19(22)27)14-5-7-16(24)8-6-14/h3-8,11,18,24-25H,2,9-10H2,1H3. The summed E-state index contributed by atoms with van der Waals surface area (Å²) in [7, 11) is 1.51. The van der Waals surface area contributed by atoms with Gasteiger partial charge in [0.05, 0.1) is 18.2 Å². The van der Waals surface area contributed by atoms with Crippen LogP contribution in [0, 0.1) is 11.3 Å². The molecule has 0 aromatic heterocycles. The molecule has 6 nitrogen and oxygen atoms in total. The molecular formula is C20H19N3O3S. The average molecular weight is 381 g/mol. The molecule has 27 heavy (non-hydrogen) atoms. The number of methoxy groups -OCH3 is 1. The average Bonchev–Trinajstić information content (AvgIpc) is 2.89. The largest absolute Gasteiger partial charge is 0.508 e. The fourth-order valence-electron chi connectivity index (χ4n) is 3.92. The quantitative estimate of drug-likeness (QED) is 0.791. The summed E-state index contributed by atoms with van der Waals surface area (Å²) in [6, 6.07) is 14.1. The molecule has 4 rings (SSSR count). The molecule has 1 saturated heterocycles. The number of nitrogens with zero attached hydrogens (tertiary/aromatic N) is 3. The fourth-order valence-corrected chi connectivity index (χ4v) is 4.41. The Hall–Kier alpha value is -2.82. The molecule has 2 aromatic carbocycles. The minimum atomic E-state index is -0.815. The van der Waals surface area contributed by atoms with Gasteiger partial charge in [-0.15, -0.1) is 0 Å². The summed E-state index contributed by atoms with van der Waals surface area (Å²) in [4.78, 5) is 3.70. The Labute approximate surface area is 162 Å². The molecule has 2 N–H and O–H groups in total. The molecule has 1 spiro atoms. The number of hydrogen-bond acceptors (Lipinski definition) is 5. The van der Waals surface area contributed by atoms with Crippen molar-refractivity contribution in [3.63, 3.8) is 0 Å². The van der Waals surface area contributed by atoms with E-state index in [1.165, 1.54) is 7.11 Å². The van der Waals surface area contributed by atoms with E-state index in [2.05, 4.69) is 6.07 Å².